The van der Waals surface area contributed by atoms with E-state index < -0.39 is 5.97 Å². The molecule has 0 unspecified atom stereocenters. The molecule has 2 N–H and O–H groups in total. The van der Waals surface area contributed by atoms with Crippen molar-refractivity contribution in [3.8, 4) is 5.75 Å². The second-order valence-electron chi connectivity index (χ2n) is 6.58. The number of methoxy groups -OCH3 is 1. The number of nitrogens with one attached hydrogen (secondary N) is 1. The van der Waals surface area contributed by atoms with E-state index in [0.29, 0.717) is 5.75 Å². The van der Waals surface area contributed by atoms with Crippen molar-refractivity contribution in [1.29, 1.82) is 0 Å². The minimum Gasteiger partial charge on any atom is -0.497 e. The summed E-state index contributed by atoms with van der Waals surface area (Å²) in [6.45, 7) is 8.17. The molecule has 1 aliphatic carbocycles. The zero-order chi connectivity index (χ0) is 16.0. The molecular weight excluding hydrogens is 270 g/mol. The van der Waals surface area contributed by atoms with Crippen LogP contribution in [-0.4, -0.2) is 24.1 Å². The highest BCUT2D eigenvalue weighted by atomic mass is 16.5. The first kappa shape index (κ1) is 15.4. The third-order valence-electron chi connectivity index (χ3n) is 5.00. The maximum atomic E-state index is 12.4. The molecule has 1 aliphatic rings. The van der Waals surface area contributed by atoms with Crippen molar-refractivity contribution in [3.05, 3.63) is 23.8 Å². The number of hydrogen-bond acceptors (Lipinski definition) is 3. The van der Waals surface area contributed by atoms with Gasteiger partial charge in [-0.3, -0.25) is 4.79 Å². The number of rotatable bonds is 4. The van der Waals surface area contributed by atoms with Gasteiger partial charge < -0.3 is 15.2 Å². The first-order valence-corrected chi connectivity index (χ1v) is 6.85. The minimum absolute atomic E-state index is 0.0559. The molecule has 114 valence electrons. The van der Waals surface area contributed by atoms with Gasteiger partial charge >= 0.3 is 5.97 Å². The molecule has 1 aromatic carbocycles. The maximum Gasteiger partial charge on any atom is 0.337 e. The Kier molecular flexibility index (Phi) is 3.48. The number of aromatic carboxylic acids is 1. The molecule has 0 bridgehead atoms. The molecule has 0 atom stereocenters. The molecule has 2 rings (SSSR count). The SMILES string of the molecule is COc1ccc(C(=O)O)c(NC(=O)C2C(C)(C)C2(C)C)c1. The van der Waals surface area contributed by atoms with Crippen molar-refractivity contribution in [2.45, 2.75) is 27.7 Å². The lowest BCUT2D eigenvalue weighted by molar-refractivity contribution is -0.118. The molecule has 5 nitrogen and oxygen atoms in total. The van der Waals surface area contributed by atoms with E-state index in [-0.39, 0.29) is 33.9 Å². The fraction of sp³-hybridized carbons (Fsp3) is 0.500. The second kappa shape index (κ2) is 4.76. The quantitative estimate of drug-likeness (QED) is 0.894. The predicted octanol–water partition coefficient (Wildman–Crippen LogP) is 3.01. The Morgan fingerprint density at radius 2 is 1.76 bits per heavy atom. The lowest BCUT2D eigenvalue weighted by Crippen LogP contribution is -2.19. The van der Waals surface area contributed by atoms with Gasteiger partial charge in [0, 0.05) is 12.0 Å². The van der Waals surface area contributed by atoms with Crippen LogP contribution in [0, 0.1) is 16.7 Å². The number of carboxylic acids is 1. The number of carbonyl (C=O) groups excluding carboxylic acids is 1. The van der Waals surface area contributed by atoms with Gasteiger partial charge in [0.2, 0.25) is 5.91 Å². The van der Waals surface area contributed by atoms with Crippen LogP contribution < -0.4 is 10.1 Å². The summed E-state index contributed by atoms with van der Waals surface area (Å²) >= 11 is 0. The molecular formula is C16H21NO4. The van der Waals surface area contributed by atoms with Crippen molar-refractivity contribution in [2.24, 2.45) is 16.7 Å². The fourth-order valence-electron chi connectivity index (χ4n) is 3.00. The Morgan fingerprint density at radius 1 is 1.19 bits per heavy atom. The maximum absolute atomic E-state index is 12.4. The minimum atomic E-state index is -1.08. The van der Waals surface area contributed by atoms with Crippen LogP contribution in [0.1, 0.15) is 38.1 Å². The first-order valence-electron chi connectivity index (χ1n) is 6.85. The van der Waals surface area contributed by atoms with Gasteiger partial charge in [-0.25, -0.2) is 4.79 Å². The lowest BCUT2D eigenvalue weighted by atomic mass is 10.0. The van der Waals surface area contributed by atoms with Gasteiger partial charge in [-0.15, -0.1) is 0 Å². The van der Waals surface area contributed by atoms with Crippen molar-refractivity contribution in [2.75, 3.05) is 12.4 Å². The Morgan fingerprint density at radius 3 is 2.19 bits per heavy atom. The van der Waals surface area contributed by atoms with E-state index in [4.69, 9.17) is 4.74 Å². The predicted molar refractivity (Wildman–Crippen MR) is 79.6 cm³/mol. The monoisotopic (exact) mass is 291 g/mol. The molecule has 1 aromatic rings. The van der Waals surface area contributed by atoms with E-state index >= 15 is 0 Å². The van der Waals surface area contributed by atoms with Gasteiger partial charge in [-0.2, -0.15) is 0 Å². The van der Waals surface area contributed by atoms with Crippen molar-refractivity contribution < 1.29 is 19.4 Å². The largest absolute Gasteiger partial charge is 0.497 e. The Labute approximate surface area is 124 Å². The van der Waals surface area contributed by atoms with E-state index in [0.717, 1.165) is 0 Å². The summed E-state index contributed by atoms with van der Waals surface area (Å²) in [7, 11) is 1.49. The molecule has 1 fully saturated rings. The highest BCUT2D eigenvalue weighted by Crippen LogP contribution is 2.68. The topological polar surface area (TPSA) is 75.6 Å². The van der Waals surface area contributed by atoms with E-state index in [1.54, 1.807) is 6.07 Å². The van der Waals surface area contributed by atoms with Crippen LogP contribution in [0.4, 0.5) is 5.69 Å². The summed E-state index contributed by atoms with van der Waals surface area (Å²) in [5, 5.41) is 11.9. The first-order chi connectivity index (χ1) is 9.62. The van der Waals surface area contributed by atoms with E-state index in [1.807, 2.05) is 27.7 Å². The number of anilines is 1. The molecule has 1 amide bonds. The molecule has 0 aliphatic heterocycles. The smallest absolute Gasteiger partial charge is 0.337 e. The summed E-state index contributed by atoms with van der Waals surface area (Å²) in [5.41, 5.74) is 0.129. The van der Waals surface area contributed by atoms with Crippen LogP contribution in [-0.2, 0) is 4.79 Å². The average molecular weight is 291 g/mol. The van der Waals surface area contributed by atoms with E-state index in [9.17, 15) is 14.7 Å². The van der Waals surface area contributed by atoms with Gasteiger partial charge in [0.25, 0.3) is 0 Å². The third kappa shape index (κ3) is 2.37. The standard InChI is InChI=1S/C16H21NO4/c1-15(2)12(16(15,3)4)13(18)17-11-8-9(21-5)6-7-10(11)14(19)20/h6-8,12H,1-5H3,(H,17,18)(H,19,20). The second-order valence-corrected chi connectivity index (χ2v) is 6.58. The summed E-state index contributed by atoms with van der Waals surface area (Å²) in [5.74, 6) is -0.870. The van der Waals surface area contributed by atoms with Crippen molar-refractivity contribution >= 4 is 17.6 Å². The molecule has 0 saturated heterocycles. The summed E-state index contributed by atoms with van der Waals surface area (Å²) < 4.78 is 5.08. The molecule has 5 heteroatoms. The van der Waals surface area contributed by atoms with Gasteiger partial charge in [0.05, 0.1) is 18.4 Å². The van der Waals surface area contributed by atoms with Crippen LogP contribution >= 0.6 is 0 Å². The molecule has 1 saturated carbocycles. The number of benzene rings is 1. The van der Waals surface area contributed by atoms with Crippen LogP contribution in [0.15, 0.2) is 18.2 Å². The number of carboxylic acid groups (broad SMARTS) is 1. The van der Waals surface area contributed by atoms with Crippen molar-refractivity contribution in [3.63, 3.8) is 0 Å². The summed E-state index contributed by atoms with van der Waals surface area (Å²) in [6.07, 6.45) is 0. The Bertz CT molecular complexity index is 590. The zero-order valence-corrected chi connectivity index (χ0v) is 13.0. The van der Waals surface area contributed by atoms with Crippen LogP contribution in [0.5, 0.6) is 5.75 Å². The zero-order valence-electron chi connectivity index (χ0n) is 13.0. The highest BCUT2D eigenvalue weighted by Gasteiger charge is 2.68. The van der Waals surface area contributed by atoms with Gasteiger partial charge in [0.15, 0.2) is 0 Å². The highest BCUT2D eigenvalue weighted by molar-refractivity contribution is 6.02. The van der Waals surface area contributed by atoms with Crippen LogP contribution in [0.25, 0.3) is 0 Å². The lowest BCUT2D eigenvalue weighted by Gasteiger charge is -2.11. The van der Waals surface area contributed by atoms with Gasteiger partial charge in [-0.05, 0) is 23.0 Å². The summed E-state index contributed by atoms with van der Waals surface area (Å²) in [6, 6.07) is 4.52. The number of hydrogen-bond donors (Lipinski definition) is 2. The normalized spacial score (nSPS) is 18.9. The average Bonchev–Trinajstić information content (AvgIpc) is 2.79. The Balaban J connectivity index is 2.27. The molecule has 21 heavy (non-hydrogen) atoms. The number of ether oxygens (including phenoxy) is 1. The van der Waals surface area contributed by atoms with E-state index in [1.165, 1.54) is 19.2 Å². The molecule has 0 aromatic heterocycles. The Hall–Kier alpha value is -2.04. The summed E-state index contributed by atoms with van der Waals surface area (Å²) in [4.78, 5) is 23.7. The number of carbonyl (C=O) groups is 2. The van der Waals surface area contributed by atoms with Crippen molar-refractivity contribution in [1.82, 2.24) is 0 Å². The van der Waals surface area contributed by atoms with Gasteiger partial charge in [-0.1, -0.05) is 27.7 Å². The van der Waals surface area contributed by atoms with Crippen LogP contribution in [0.2, 0.25) is 0 Å². The van der Waals surface area contributed by atoms with Gasteiger partial charge in [0.1, 0.15) is 5.75 Å². The third-order valence-corrected chi connectivity index (χ3v) is 5.00. The fourth-order valence-corrected chi connectivity index (χ4v) is 3.00. The molecule has 0 radical (unpaired) electrons. The molecule has 0 heterocycles. The van der Waals surface area contributed by atoms with Crippen LogP contribution in [0.3, 0.4) is 0 Å². The van der Waals surface area contributed by atoms with E-state index in [2.05, 4.69) is 5.32 Å². The molecule has 0 spiro atoms. The number of amides is 1.